The quantitative estimate of drug-likeness (QED) is 0.709. The normalized spacial score (nSPS) is 25.1. The molecule has 0 saturated carbocycles. The van der Waals surface area contributed by atoms with Crippen LogP contribution in [0.4, 0.5) is 0 Å². The van der Waals surface area contributed by atoms with E-state index in [2.05, 4.69) is 38.7 Å². The largest absolute Gasteiger partial charge is 0.339 e. The summed E-state index contributed by atoms with van der Waals surface area (Å²) in [5, 5.41) is 0. The second-order valence-corrected chi connectivity index (χ2v) is 7.94. The van der Waals surface area contributed by atoms with Crippen LogP contribution >= 0.6 is 11.8 Å². The van der Waals surface area contributed by atoms with E-state index in [4.69, 9.17) is 0 Å². The maximum atomic E-state index is 12.4. The highest BCUT2D eigenvalue weighted by molar-refractivity contribution is 7.98. The zero-order valence-electron chi connectivity index (χ0n) is 15.0. The highest BCUT2D eigenvalue weighted by atomic mass is 32.2. The van der Waals surface area contributed by atoms with Crippen LogP contribution in [0.15, 0.2) is 12.4 Å². The van der Waals surface area contributed by atoms with Crippen LogP contribution in [0.25, 0.3) is 0 Å². The maximum absolute atomic E-state index is 12.4. The molecule has 0 aromatic carbocycles. The first kappa shape index (κ1) is 17.8. The Hall–Kier alpha value is -1.01. The highest BCUT2D eigenvalue weighted by Crippen LogP contribution is 2.32. The van der Waals surface area contributed by atoms with Crippen LogP contribution in [0.3, 0.4) is 0 Å². The van der Waals surface area contributed by atoms with E-state index in [1.807, 2.05) is 18.0 Å². The van der Waals surface area contributed by atoms with Gasteiger partial charge in [0.05, 0.1) is 6.54 Å². The van der Waals surface area contributed by atoms with Gasteiger partial charge in [-0.05, 0) is 44.1 Å². The Balaban J connectivity index is 1.58. The molecule has 0 aliphatic carbocycles. The summed E-state index contributed by atoms with van der Waals surface area (Å²) in [6, 6.07) is 0.468. The van der Waals surface area contributed by atoms with Gasteiger partial charge in [0.1, 0.15) is 5.82 Å². The molecule has 1 aromatic rings. The van der Waals surface area contributed by atoms with Gasteiger partial charge < -0.3 is 9.47 Å². The van der Waals surface area contributed by atoms with Gasteiger partial charge in [0, 0.05) is 51.0 Å². The number of amides is 1. The third-order valence-corrected chi connectivity index (χ3v) is 6.18. The fourth-order valence-corrected chi connectivity index (χ4v) is 4.64. The number of piperidine rings is 2. The number of aromatic nitrogens is 2. The minimum atomic E-state index is 0.382. The van der Waals surface area contributed by atoms with E-state index in [-0.39, 0.29) is 0 Å². The molecule has 2 aliphatic rings. The Bertz CT molecular complexity index is 547. The van der Waals surface area contributed by atoms with Crippen LogP contribution in [0.5, 0.6) is 0 Å². The molecule has 2 saturated heterocycles. The van der Waals surface area contributed by atoms with Crippen molar-refractivity contribution in [3.05, 3.63) is 18.2 Å². The predicted octanol–water partition coefficient (Wildman–Crippen LogP) is 2.47. The van der Waals surface area contributed by atoms with E-state index in [9.17, 15) is 4.79 Å². The molecule has 1 amide bonds. The fraction of sp³-hybridized carbons (Fsp3) is 0.778. The van der Waals surface area contributed by atoms with Gasteiger partial charge in [-0.25, -0.2) is 4.98 Å². The van der Waals surface area contributed by atoms with Crippen molar-refractivity contribution in [3.8, 4) is 0 Å². The zero-order chi connectivity index (χ0) is 16.9. The first-order valence-electron chi connectivity index (χ1n) is 9.23. The summed E-state index contributed by atoms with van der Waals surface area (Å²) in [6.07, 6.45) is 10.1. The molecule has 0 bridgehead atoms. The molecule has 3 heterocycles. The molecule has 2 fully saturated rings. The number of carbonyl (C=O) groups is 1. The Kier molecular flexibility index (Phi) is 6.22. The Labute approximate surface area is 149 Å². The molecule has 24 heavy (non-hydrogen) atoms. The average molecular weight is 351 g/mol. The number of hydrogen-bond donors (Lipinski definition) is 0. The van der Waals surface area contributed by atoms with Crippen molar-refractivity contribution in [3.63, 3.8) is 0 Å². The second kappa shape index (κ2) is 8.39. The van der Waals surface area contributed by atoms with Crippen LogP contribution in [0.2, 0.25) is 0 Å². The zero-order valence-corrected chi connectivity index (χ0v) is 15.8. The van der Waals surface area contributed by atoms with E-state index in [1.165, 1.54) is 5.82 Å². The maximum Gasteiger partial charge on any atom is 0.222 e. The summed E-state index contributed by atoms with van der Waals surface area (Å²) in [5.41, 5.74) is 0. The lowest BCUT2D eigenvalue weighted by Gasteiger charge is -2.47. The summed E-state index contributed by atoms with van der Waals surface area (Å²) in [4.78, 5) is 21.6. The molecule has 3 rings (SSSR count). The first-order valence-corrected chi connectivity index (χ1v) is 10.6. The van der Waals surface area contributed by atoms with Crippen molar-refractivity contribution in [1.82, 2.24) is 19.4 Å². The number of rotatable bonds is 7. The highest BCUT2D eigenvalue weighted by Gasteiger charge is 2.38. The number of carbonyl (C=O) groups excluding carboxylic acids is 1. The lowest BCUT2D eigenvalue weighted by atomic mass is 9.83. The van der Waals surface area contributed by atoms with Gasteiger partial charge in [0.15, 0.2) is 0 Å². The van der Waals surface area contributed by atoms with Gasteiger partial charge in [-0.1, -0.05) is 0 Å². The molecular weight excluding hydrogens is 320 g/mol. The molecule has 0 N–H and O–H groups in total. The summed E-state index contributed by atoms with van der Waals surface area (Å²) in [6.45, 7) is 7.20. The van der Waals surface area contributed by atoms with Crippen molar-refractivity contribution < 1.29 is 4.79 Å². The molecule has 0 radical (unpaired) electrons. The Morgan fingerprint density at radius 3 is 3.04 bits per heavy atom. The van der Waals surface area contributed by atoms with Crippen LogP contribution in [0.1, 0.15) is 38.4 Å². The van der Waals surface area contributed by atoms with E-state index < -0.39 is 0 Å². The SMILES string of the molecule is CCn1ccnc1CN1CC[C@@H]2[C@@H](CCC(=O)N2CCCSC)C1. The summed E-state index contributed by atoms with van der Waals surface area (Å²) < 4.78 is 2.23. The number of likely N-dealkylation sites (tertiary alicyclic amines) is 2. The third-order valence-electron chi connectivity index (χ3n) is 5.48. The monoisotopic (exact) mass is 350 g/mol. The van der Waals surface area contributed by atoms with E-state index in [0.717, 1.165) is 64.2 Å². The van der Waals surface area contributed by atoms with Crippen molar-refractivity contribution >= 4 is 17.7 Å². The van der Waals surface area contributed by atoms with Crippen molar-refractivity contribution in [2.45, 2.75) is 51.7 Å². The topological polar surface area (TPSA) is 41.4 Å². The number of nitrogens with zero attached hydrogens (tertiary/aromatic N) is 4. The standard InChI is InChI=1S/C18H30N4OS/c1-3-21-11-8-19-17(21)14-20-10-7-16-15(13-20)5-6-18(23)22(16)9-4-12-24-2/h8,11,15-16H,3-7,9-10,12-14H2,1-2H3/t15-,16+/m0/s1. The van der Waals surface area contributed by atoms with Crippen LogP contribution in [0, 0.1) is 5.92 Å². The van der Waals surface area contributed by atoms with Gasteiger partial charge in [0.2, 0.25) is 5.91 Å². The summed E-state index contributed by atoms with van der Waals surface area (Å²) in [5.74, 6) is 3.33. The van der Waals surface area contributed by atoms with Crippen LogP contribution in [-0.2, 0) is 17.9 Å². The van der Waals surface area contributed by atoms with Gasteiger partial charge in [-0.2, -0.15) is 11.8 Å². The average Bonchev–Trinajstić information content (AvgIpc) is 3.04. The van der Waals surface area contributed by atoms with Crippen molar-refractivity contribution in [1.29, 1.82) is 0 Å². The minimum absolute atomic E-state index is 0.382. The number of thioether (sulfide) groups is 1. The molecule has 0 unspecified atom stereocenters. The third kappa shape index (κ3) is 3.97. The van der Waals surface area contributed by atoms with E-state index in [1.54, 1.807) is 0 Å². The van der Waals surface area contributed by atoms with Crippen LogP contribution in [-0.4, -0.2) is 62.9 Å². The first-order chi connectivity index (χ1) is 11.7. The summed E-state index contributed by atoms with van der Waals surface area (Å²) >= 11 is 1.87. The molecule has 5 nitrogen and oxygen atoms in total. The molecule has 2 aliphatic heterocycles. The molecule has 134 valence electrons. The number of imidazole rings is 1. The van der Waals surface area contributed by atoms with E-state index in [0.29, 0.717) is 17.9 Å². The molecule has 1 aromatic heterocycles. The smallest absolute Gasteiger partial charge is 0.222 e. The Morgan fingerprint density at radius 2 is 2.25 bits per heavy atom. The van der Waals surface area contributed by atoms with Crippen molar-refractivity contribution in [2.75, 3.05) is 31.6 Å². The number of fused-ring (bicyclic) bond motifs is 1. The molecule has 0 spiro atoms. The van der Waals surface area contributed by atoms with Gasteiger partial charge in [0.25, 0.3) is 0 Å². The van der Waals surface area contributed by atoms with Gasteiger partial charge in [-0.3, -0.25) is 9.69 Å². The molecular formula is C18H30N4OS. The summed E-state index contributed by atoms with van der Waals surface area (Å²) in [7, 11) is 0. The van der Waals surface area contributed by atoms with E-state index >= 15 is 0 Å². The number of hydrogen-bond acceptors (Lipinski definition) is 4. The van der Waals surface area contributed by atoms with Crippen LogP contribution < -0.4 is 0 Å². The number of aryl methyl sites for hydroxylation is 1. The van der Waals surface area contributed by atoms with Gasteiger partial charge in [-0.15, -0.1) is 0 Å². The lowest BCUT2D eigenvalue weighted by molar-refractivity contribution is -0.141. The molecule has 2 atom stereocenters. The lowest BCUT2D eigenvalue weighted by Crippen LogP contribution is -2.56. The van der Waals surface area contributed by atoms with Crippen molar-refractivity contribution in [2.24, 2.45) is 5.92 Å². The van der Waals surface area contributed by atoms with Gasteiger partial charge >= 0.3 is 0 Å². The predicted molar refractivity (Wildman–Crippen MR) is 99.0 cm³/mol. The second-order valence-electron chi connectivity index (χ2n) is 6.95. The molecule has 6 heteroatoms. The fourth-order valence-electron chi connectivity index (χ4n) is 4.22. The Morgan fingerprint density at radius 1 is 1.38 bits per heavy atom. The minimum Gasteiger partial charge on any atom is -0.339 e.